The number of aromatic nitrogens is 4. The van der Waals surface area contributed by atoms with Crippen LogP contribution in [0.4, 0.5) is 5.69 Å². The molecule has 0 spiro atoms. The van der Waals surface area contributed by atoms with Crippen molar-refractivity contribution < 1.29 is 4.79 Å². The smallest absolute Gasteiger partial charge is 0.295 e. The molecule has 3 heterocycles. The Labute approximate surface area is 194 Å². The number of carbonyl (C=O) groups is 1. The molecule has 0 fully saturated rings. The van der Waals surface area contributed by atoms with Gasteiger partial charge < -0.3 is 5.32 Å². The number of benzene rings is 1. The lowest BCUT2D eigenvalue weighted by atomic mass is 10.2. The van der Waals surface area contributed by atoms with Crippen LogP contribution in [0.1, 0.15) is 28.9 Å². The number of fused-ring (bicyclic) bond motifs is 1. The second kappa shape index (κ2) is 8.55. The molecule has 9 heteroatoms. The molecule has 1 aromatic carbocycles. The van der Waals surface area contributed by atoms with Gasteiger partial charge in [0.2, 0.25) is 5.91 Å². The highest BCUT2D eigenvalue weighted by molar-refractivity contribution is 8.00. The lowest BCUT2D eigenvalue weighted by Gasteiger charge is -2.12. The fraction of sp³-hybridized carbons (Fsp3) is 0.304. The molecule has 0 saturated carbocycles. The summed E-state index contributed by atoms with van der Waals surface area (Å²) in [5, 5.41) is 4.21. The topological polar surface area (TPSA) is 81.8 Å². The lowest BCUT2D eigenvalue weighted by Crippen LogP contribution is -2.27. The van der Waals surface area contributed by atoms with Crippen molar-refractivity contribution in [3.63, 3.8) is 0 Å². The summed E-state index contributed by atoms with van der Waals surface area (Å²) >= 11 is 3.03. The zero-order valence-electron chi connectivity index (χ0n) is 18.9. The summed E-state index contributed by atoms with van der Waals surface area (Å²) in [5.41, 5.74) is 2.61. The van der Waals surface area contributed by atoms with E-state index in [2.05, 4.69) is 29.1 Å². The molecule has 0 aliphatic carbocycles. The molecule has 4 aromatic rings. The minimum atomic E-state index is -0.448. The second-order valence-corrected chi connectivity index (χ2v) is 10.3. The zero-order chi connectivity index (χ0) is 23.2. The van der Waals surface area contributed by atoms with Gasteiger partial charge in [0, 0.05) is 17.3 Å². The summed E-state index contributed by atoms with van der Waals surface area (Å²) in [5.74, 6) is 0.438. The number of amides is 1. The van der Waals surface area contributed by atoms with Crippen molar-refractivity contribution in [3.8, 4) is 5.69 Å². The van der Waals surface area contributed by atoms with Crippen LogP contribution in [-0.2, 0) is 11.8 Å². The van der Waals surface area contributed by atoms with Crippen LogP contribution in [0.5, 0.6) is 0 Å². The van der Waals surface area contributed by atoms with Crippen LogP contribution in [0, 0.1) is 27.7 Å². The van der Waals surface area contributed by atoms with Crippen LogP contribution in [-0.4, -0.2) is 30.5 Å². The predicted molar refractivity (Wildman–Crippen MR) is 131 cm³/mol. The maximum Gasteiger partial charge on any atom is 0.295 e. The number of para-hydroxylation sites is 1. The highest BCUT2D eigenvalue weighted by Gasteiger charge is 2.23. The molecule has 1 unspecified atom stereocenters. The van der Waals surface area contributed by atoms with Crippen LogP contribution in [0.25, 0.3) is 15.9 Å². The van der Waals surface area contributed by atoms with Crippen LogP contribution in [0.2, 0.25) is 0 Å². The fourth-order valence-corrected chi connectivity index (χ4v) is 5.75. The third-order valence-corrected chi connectivity index (χ3v) is 7.75. The Bertz CT molecular complexity index is 1390. The van der Waals surface area contributed by atoms with Gasteiger partial charge in [-0.25, -0.2) is 14.6 Å². The molecular formula is C23H25N5O2S2. The highest BCUT2D eigenvalue weighted by Crippen LogP contribution is 2.36. The Morgan fingerprint density at radius 3 is 2.50 bits per heavy atom. The number of nitrogens with one attached hydrogen (secondary N) is 1. The number of nitrogens with zero attached hydrogens (tertiary/aromatic N) is 4. The SMILES string of the molecule is Cc1nc(SC(C)C(=O)Nc2c(C)n(C)n(-c3ccccc3)c2=O)c2c(C)c(C)sc2n1. The fourth-order valence-electron chi connectivity index (χ4n) is 3.56. The van der Waals surface area contributed by atoms with E-state index in [4.69, 9.17) is 0 Å². The third kappa shape index (κ3) is 3.86. The van der Waals surface area contributed by atoms with E-state index in [0.29, 0.717) is 17.2 Å². The maximum atomic E-state index is 13.1. The number of rotatable bonds is 5. The molecule has 0 saturated heterocycles. The first kappa shape index (κ1) is 22.3. The van der Waals surface area contributed by atoms with E-state index in [1.165, 1.54) is 16.6 Å². The summed E-state index contributed by atoms with van der Waals surface area (Å²) in [6.07, 6.45) is 0. The molecule has 4 rings (SSSR count). The van der Waals surface area contributed by atoms with Gasteiger partial charge in [-0.1, -0.05) is 30.0 Å². The largest absolute Gasteiger partial charge is 0.319 e. The number of hydrogen-bond acceptors (Lipinski definition) is 6. The normalized spacial score (nSPS) is 12.3. The van der Waals surface area contributed by atoms with E-state index < -0.39 is 5.25 Å². The molecule has 1 atom stereocenters. The minimum absolute atomic E-state index is 0.241. The van der Waals surface area contributed by atoms with Gasteiger partial charge in [-0.05, 0) is 52.3 Å². The van der Waals surface area contributed by atoms with Gasteiger partial charge in [-0.2, -0.15) is 0 Å². The molecule has 1 N–H and O–H groups in total. The number of anilines is 1. The highest BCUT2D eigenvalue weighted by atomic mass is 32.2. The van der Waals surface area contributed by atoms with Gasteiger partial charge in [-0.15, -0.1) is 11.3 Å². The van der Waals surface area contributed by atoms with Crippen molar-refractivity contribution >= 4 is 44.9 Å². The van der Waals surface area contributed by atoms with Crippen molar-refractivity contribution in [2.24, 2.45) is 7.05 Å². The van der Waals surface area contributed by atoms with Gasteiger partial charge in [0.05, 0.1) is 16.6 Å². The van der Waals surface area contributed by atoms with E-state index in [0.717, 1.165) is 26.5 Å². The standard InChI is InChI=1S/C23H25N5O2S2/c1-12-14(3)31-21-18(12)22(25-16(5)24-21)32-15(4)20(29)26-19-13(2)27(6)28(23(19)30)17-10-8-7-9-11-17/h7-11,15H,1-6H3,(H,26,29). The van der Waals surface area contributed by atoms with Crippen molar-refractivity contribution in [2.75, 3.05) is 5.32 Å². The van der Waals surface area contributed by atoms with E-state index >= 15 is 0 Å². The first-order valence-corrected chi connectivity index (χ1v) is 11.9. The first-order valence-electron chi connectivity index (χ1n) is 10.2. The summed E-state index contributed by atoms with van der Waals surface area (Å²) in [6.45, 7) is 9.63. The molecule has 0 aliphatic rings. The van der Waals surface area contributed by atoms with Gasteiger partial charge >= 0.3 is 0 Å². The van der Waals surface area contributed by atoms with Crippen LogP contribution in [0.3, 0.4) is 0 Å². The van der Waals surface area contributed by atoms with Gasteiger partial charge in [0.1, 0.15) is 21.4 Å². The number of carbonyl (C=O) groups excluding carboxylic acids is 1. The van der Waals surface area contributed by atoms with Crippen molar-refractivity contribution in [3.05, 3.63) is 62.6 Å². The third-order valence-electron chi connectivity index (χ3n) is 5.57. The molecule has 32 heavy (non-hydrogen) atoms. The average Bonchev–Trinajstić information content (AvgIpc) is 3.15. The molecular weight excluding hydrogens is 442 g/mol. The van der Waals surface area contributed by atoms with Crippen LogP contribution >= 0.6 is 23.1 Å². The summed E-state index contributed by atoms with van der Waals surface area (Å²) in [4.78, 5) is 37.4. The quantitative estimate of drug-likeness (QED) is 0.344. The summed E-state index contributed by atoms with van der Waals surface area (Å²) < 4.78 is 3.30. The average molecular weight is 468 g/mol. The lowest BCUT2D eigenvalue weighted by molar-refractivity contribution is -0.115. The second-order valence-electron chi connectivity index (χ2n) is 7.73. The van der Waals surface area contributed by atoms with E-state index in [9.17, 15) is 9.59 Å². The van der Waals surface area contributed by atoms with Gasteiger partial charge in [-0.3, -0.25) is 14.3 Å². The molecule has 1 amide bonds. The number of aryl methyl sites for hydroxylation is 3. The van der Waals surface area contributed by atoms with Crippen LogP contribution in [0.15, 0.2) is 40.2 Å². The Kier molecular flexibility index (Phi) is 5.96. The zero-order valence-corrected chi connectivity index (χ0v) is 20.5. The van der Waals surface area contributed by atoms with Crippen molar-refractivity contribution in [2.45, 2.75) is 44.9 Å². The molecule has 0 radical (unpaired) electrons. The Morgan fingerprint density at radius 1 is 1.12 bits per heavy atom. The van der Waals surface area contributed by atoms with Crippen molar-refractivity contribution in [1.82, 2.24) is 19.3 Å². The molecule has 0 bridgehead atoms. The maximum absolute atomic E-state index is 13.1. The monoisotopic (exact) mass is 467 g/mol. The number of thiophene rings is 1. The Hall–Kier alpha value is -2.91. The molecule has 3 aromatic heterocycles. The first-order chi connectivity index (χ1) is 15.2. The molecule has 166 valence electrons. The minimum Gasteiger partial charge on any atom is -0.319 e. The van der Waals surface area contributed by atoms with Crippen LogP contribution < -0.4 is 10.9 Å². The van der Waals surface area contributed by atoms with Crippen molar-refractivity contribution in [1.29, 1.82) is 0 Å². The van der Waals surface area contributed by atoms with Gasteiger partial charge in [0.25, 0.3) is 5.56 Å². The predicted octanol–water partition coefficient (Wildman–Crippen LogP) is 4.53. The Morgan fingerprint density at radius 2 is 1.81 bits per heavy atom. The number of thioether (sulfide) groups is 1. The molecule has 0 aliphatic heterocycles. The molecule has 7 nitrogen and oxygen atoms in total. The van der Waals surface area contributed by atoms with E-state index in [1.807, 2.05) is 51.1 Å². The Balaban J connectivity index is 1.62. The van der Waals surface area contributed by atoms with E-state index in [1.54, 1.807) is 27.7 Å². The van der Waals surface area contributed by atoms with E-state index in [-0.39, 0.29) is 11.5 Å². The number of hydrogen-bond donors (Lipinski definition) is 1. The summed E-state index contributed by atoms with van der Waals surface area (Å²) in [7, 11) is 1.81. The van der Waals surface area contributed by atoms with Gasteiger partial charge in [0.15, 0.2) is 0 Å². The summed E-state index contributed by atoms with van der Waals surface area (Å²) in [6, 6.07) is 9.37.